The Hall–Kier alpha value is -3.52. The van der Waals surface area contributed by atoms with Crippen LogP contribution in [0.15, 0.2) is 77.7 Å². The van der Waals surface area contributed by atoms with Gasteiger partial charge in [-0.2, -0.15) is 0 Å². The molecule has 0 heterocycles. The topological polar surface area (TPSA) is 93.7 Å². The monoisotopic (exact) mass is 440 g/mol. The first-order valence-corrected chi connectivity index (χ1v) is 11.1. The summed E-state index contributed by atoms with van der Waals surface area (Å²) in [6, 6.07) is 19.3. The number of carbonyl (C=O) groups excluding carboxylic acids is 1. The Morgan fingerprint density at radius 1 is 0.806 bits per heavy atom. The van der Waals surface area contributed by atoms with Crippen molar-refractivity contribution >= 4 is 27.3 Å². The van der Waals surface area contributed by atoms with Gasteiger partial charge in [0.15, 0.2) is 0 Å². The molecule has 8 heteroatoms. The van der Waals surface area contributed by atoms with E-state index in [1.54, 1.807) is 48.5 Å². The molecule has 0 aliphatic rings. The summed E-state index contributed by atoms with van der Waals surface area (Å²) in [7, 11) is -2.24. The number of hydrogen-bond acceptors (Lipinski definition) is 5. The molecule has 0 aliphatic heterocycles. The van der Waals surface area contributed by atoms with Crippen molar-refractivity contribution in [2.24, 2.45) is 0 Å². The van der Waals surface area contributed by atoms with Crippen molar-refractivity contribution in [2.45, 2.75) is 24.8 Å². The highest BCUT2D eigenvalue weighted by Crippen LogP contribution is 2.21. The van der Waals surface area contributed by atoms with E-state index < -0.39 is 10.0 Å². The molecular formula is C23H24N2O5S. The maximum Gasteiger partial charge on any atom is 0.261 e. The fourth-order valence-electron chi connectivity index (χ4n) is 2.75. The first-order chi connectivity index (χ1) is 14.8. The zero-order valence-electron chi connectivity index (χ0n) is 17.5. The van der Waals surface area contributed by atoms with Gasteiger partial charge >= 0.3 is 0 Å². The Kier molecular flexibility index (Phi) is 6.81. The quantitative estimate of drug-likeness (QED) is 0.537. The molecule has 0 fully saturated rings. The first kappa shape index (κ1) is 22.2. The van der Waals surface area contributed by atoms with Gasteiger partial charge in [0.25, 0.3) is 15.9 Å². The minimum absolute atomic E-state index is 0.0705. The summed E-state index contributed by atoms with van der Waals surface area (Å²) in [6.45, 7) is 3.88. The molecule has 0 saturated heterocycles. The molecule has 7 nitrogen and oxygen atoms in total. The first-order valence-electron chi connectivity index (χ1n) is 9.62. The van der Waals surface area contributed by atoms with Crippen LogP contribution in [0.5, 0.6) is 11.5 Å². The second-order valence-electron chi connectivity index (χ2n) is 7.00. The molecule has 0 radical (unpaired) electrons. The van der Waals surface area contributed by atoms with E-state index in [4.69, 9.17) is 9.47 Å². The van der Waals surface area contributed by atoms with Gasteiger partial charge in [-0.25, -0.2) is 8.42 Å². The van der Waals surface area contributed by atoms with Crippen LogP contribution in [0.2, 0.25) is 0 Å². The third-order valence-electron chi connectivity index (χ3n) is 4.25. The van der Waals surface area contributed by atoms with Crippen LogP contribution in [0, 0.1) is 0 Å². The summed E-state index contributed by atoms with van der Waals surface area (Å²) in [6.07, 6.45) is 0.0705. The predicted octanol–water partition coefficient (Wildman–Crippen LogP) is 4.54. The lowest BCUT2D eigenvalue weighted by molar-refractivity contribution is 0.102. The molecule has 0 saturated carbocycles. The third kappa shape index (κ3) is 5.99. The van der Waals surface area contributed by atoms with E-state index in [-0.39, 0.29) is 16.9 Å². The number of benzene rings is 3. The second kappa shape index (κ2) is 9.53. The van der Waals surface area contributed by atoms with Gasteiger partial charge in [-0.05, 0) is 86.6 Å². The minimum atomic E-state index is -3.75. The van der Waals surface area contributed by atoms with Crippen LogP contribution in [0.25, 0.3) is 0 Å². The summed E-state index contributed by atoms with van der Waals surface area (Å²) >= 11 is 0. The largest absolute Gasteiger partial charge is 0.497 e. The summed E-state index contributed by atoms with van der Waals surface area (Å²) in [5.41, 5.74) is 1.38. The number of sulfonamides is 1. The summed E-state index contributed by atoms with van der Waals surface area (Å²) in [4.78, 5) is 12.6. The van der Waals surface area contributed by atoms with Crippen LogP contribution in [-0.2, 0) is 10.0 Å². The molecule has 1 amide bonds. The number of nitrogens with one attached hydrogen (secondary N) is 2. The number of rotatable bonds is 8. The SMILES string of the molecule is COc1ccc(S(=O)(=O)Nc2ccc(C(=O)Nc3ccc(OC(C)C)cc3)cc2)cc1. The number of amides is 1. The molecule has 0 unspecified atom stereocenters. The number of methoxy groups -OCH3 is 1. The average Bonchev–Trinajstić information content (AvgIpc) is 2.75. The minimum Gasteiger partial charge on any atom is -0.497 e. The van der Waals surface area contributed by atoms with Crippen LogP contribution in [0.3, 0.4) is 0 Å². The molecule has 0 spiro atoms. The van der Waals surface area contributed by atoms with Gasteiger partial charge in [-0.1, -0.05) is 0 Å². The summed E-state index contributed by atoms with van der Waals surface area (Å²) in [5, 5.41) is 2.80. The molecule has 0 bridgehead atoms. The van der Waals surface area contributed by atoms with Crippen LogP contribution in [0.4, 0.5) is 11.4 Å². The molecular weight excluding hydrogens is 416 g/mol. The molecule has 0 aliphatic carbocycles. The lowest BCUT2D eigenvalue weighted by Crippen LogP contribution is -2.14. The van der Waals surface area contributed by atoms with Gasteiger partial charge in [-0.15, -0.1) is 0 Å². The van der Waals surface area contributed by atoms with Crippen molar-refractivity contribution in [3.05, 3.63) is 78.4 Å². The standard InChI is InChI=1S/C23H24N2O5S/c1-16(2)30-21-10-8-18(9-11-21)24-23(26)17-4-6-19(7-5-17)25-31(27,28)22-14-12-20(29-3)13-15-22/h4-16,25H,1-3H3,(H,24,26). The Morgan fingerprint density at radius 2 is 1.35 bits per heavy atom. The van der Waals surface area contributed by atoms with E-state index in [2.05, 4.69) is 10.0 Å². The van der Waals surface area contributed by atoms with E-state index in [9.17, 15) is 13.2 Å². The van der Waals surface area contributed by atoms with E-state index in [1.807, 2.05) is 13.8 Å². The lowest BCUT2D eigenvalue weighted by atomic mass is 10.2. The second-order valence-corrected chi connectivity index (χ2v) is 8.69. The Labute approximate surface area is 182 Å². The van der Waals surface area contributed by atoms with E-state index in [0.29, 0.717) is 22.7 Å². The Balaban J connectivity index is 1.64. The Morgan fingerprint density at radius 3 is 1.90 bits per heavy atom. The highest BCUT2D eigenvalue weighted by atomic mass is 32.2. The zero-order valence-corrected chi connectivity index (χ0v) is 18.3. The number of carbonyl (C=O) groups is 1. The molecule has 31 heavy (non-hydrogen) atoms. The molecule has 3 aromatic rings. The van der Waals surface area contributed by atoms with Gasteiger partial charge in [-0.3, -0.25) is 9.52 Å². The third-order valence-corrected chi connectivity index (χ3v) is 5.65. The van der Waals surface area contributed by atoms with Crippen molar-refractivity contribution in [1.29, 1.82) is 0 Å². The normalized spacial score (nSPS) is 11.1. The van der Waals surface area contributed by atoms with Crippen molar-refractivity contribution in [3.8, 4) is 11.5 Å². The summed E-state index contributed by atoms with van der Waals surface area (Å²) in [5.74, 6) is 0.986. The average molecular weight is 441 g/mol. The number of ether oxygens (including phenoxy) is 2. The molecule has 0 atom stereocenters. The molecule has 0 aromatic heterocycles. The van der Waals surface area contributed by atoms with E-state index in [1.165, 1.54) is 31.4 Å². The van der Waals surface area contributed by atoms with Crippen LogP contribution in [0.1, 0.15) is 24.2 Å². The fourth-order valence-corrected chi connectivity index (χ4v) is 3.81. The van der Waals surface area contributed by atoms with E-state index >= 15 is 0 Å². The molecule has 2 N–H and O–H groups in total. The van der Waals surface area contributed by atoms with Crippen molar-refractivity contribution in [1.82, 2.24) is 0 Å². The van der Waals surface area contributed by atoms with Crippen molar-refractivity contribution < 1.29 is 22.7 Å². The highest BCUT2D eigenvalue weighted by Gasteiger charge is 2.15. The van der Waals surface area contributed by atoms with Gasteiger partial charge in [0.1, 0.15) is 11.5 Å². The molecule has 3 aromatic carbocycles. The maximum atomic E-state index is 12.5. The summed E-state index contributed by atoms with van der Waals surface area (Å²) < 4.78 is 38.1. The van der Waals surface area contributed by atoms with Crippen LogP contribution in [-0.4, -0.2) is 27.5 Å². The maximum absolute atomic E-state index is 12.5. The van der Waals surface area contributed by atoms with Crippen molar-refractivity contribution in [3.63, 3.8) is 0 Å². The van der Waals surface area contributed by atoms with Crippen LogP contribution >= 0.6 is 0 Å². The van der Waals surface area contributed by atoms with Gasteiger partial charge in [0.2, 0.25) is 0 Å². The number of hydrogen-bond donors (Lipinski definition) is 2. The van der Waals surface area contributed by atoms with E-state index in [0.717, 1.165) is 5.75 Å². The highest BCUT2D eigenvalue weighted by molar-refractivity contribution is 7.92. The Bertz CT molecular complexity index is 1120. The van der Waals surface area contributed by atoms with Crippen LogP contribution < -0.4 is 19.5 Å². The van der Waals surface area contributed by atoms with Gasteiger partial charge in [0.05, 0.1) is 18.1 Å². The zero-order chi connectivity index (χ0) is 22.4. The number of anilines is 2. The predicted molar refractivity (Wildman–Crippen MR) is 120 cm³/mol. The fraction of sp³-hybridized carbons (Fsp3) is 0.174. The molecule has 162 valence electrons. The molecule has 3 rings (SSSR count). The van der Waals surface area contributed by atoms with Crippen molar-refractivity contribution in [2.75, 3.05) is 17.1 Å². The lowest BCUT2D eigenvalue weighted by Gasteiger charge is -2.11. The van der Waals surface area contributed by atoms with Gasteiger partial charge < -0.3 is 14.8 Å². The van der Waals surface area contributed by atoms with Gasteiger partial charge in [0, 0.05) is 16.9 Å². The smallest absolute Gasteiger partial charge is 0.261 e.